The third-order valence-electron chi connectivity index (χ3n) is 4.91. The van der Waals surface area contributed by atoms with Crippen molar-refractivity contribution >= 4 is 0 Å². The van der Waals surface area contributed by atoms with Crippen LogP contribution in [0.4, 0.5) is 0 Å². The van der Waals surface area contributed by atoms with Crippen molar-refractivity contribution in [1.29, 1.82) is 0 Å². The molecule has 1 aliphatic heterocycles. The number of rotatable bonds is 7. The number of likely N-dealkylation sites (N-methyl/N-ethyl adjacent to an activating group) is 1. The Morgan fingerprint density at radius 1 is 1.10 bits per heavy atom. The summed E-state index contributed by atoms with van der Waals surface area (Å²) in [6.07, 6.45) is 7.21. The monoisotopic (exact) mass is 281 g/mol. The van der Waals surface area contributed by atoms with Crippen LogP contribution in [0.1, 0.15) is 46.0 Å². The molecule has 3 unspecified atom stereocenters. The third kappa shape index (κ3) is 5.01. The van der Waals surface area contributed by atoms with E-state index >= 15 is 0 Å². The zero-order valence-corrected chi connectivity index (χ0v) is 14.1. The Morgan fingerprint density at radius 3 is 2.50 bits per heavy atom. The molecule has 2 aliphatic rings. The van der Waals surface area contributed by atoms with Crippen molar-refractivity contribution in [3.8, 4) is 0 Å². The molecule has 0 aromatic heterocycles. The van der Waals surface area contributed by atoms with Gasteiger partial charge in [-0.3, -0.25) is 0 Å². The van der Waals surface area contributed by atoms with Gasteiger partial charge in [0.25, 0.3) is 0 Å². The molecule has 3 nitrogen and oxygen atoms in total. The molecule has 0 aromatic carbocycles. The summed E-state index contributed by atoms with van der Waals surface area (Å²) in [5.74, 6) is 1.74. The first-order valence-corrected chi connectivity index (χ1v) is 8.67. The number of nitrogens with zero attached hydrogens (tertiary/aromatic N) is 2. The normalized spacial score (nSPS) is 30.4. The lowest BCUT2D eigenvalue weighted by molar-refractivity contribution is 0.201. The number of hydrogen-bond donors (Lipinski definition) is 1. The average molecular weight is 281 g/mol. The van der Waals surface area contributed by atoms with Crippen molar-refractivity contribution < 1.29 is 0 Å². The van der Waals surface area contributed by atoms with E-state index in [2.05, 4.69) is 43.1 Å². The zero-order valence-electron chi connectivity index (χ0n) is 14.1. The molecular formula is C17H35N3. The molecule has 0 bridgehead atoms. The first-order chi connectivity index (χ1) is 9.54. The lowest BCUT2D eigenvalue weighted by atomic mass is 9.85. The van der Waals surface area contributed by atoms with Gasteiger partial charge in [0, 0.05) is 38.3 Å². The van der Waals surface area contributed by atoms with Gasteiger partial charge in [-0.25, -0.2) is 0 Å². The van der Waals surface area contributed by atoms with E-state index in [-0.39, 0.29) is 0 Å². The van der Waals surface area contributed by atoms with Gasteiger partial charge in [0.05, 0.1) is 0 Å². The number of nitrogens with one attached hydrogen (secondary N) is 1. The maximum absolute atomic E-state index is 3.93. The fourth-order valence-electron chi connectivity index (χ4n) is 4.00. The second-order valence-electron chi connectivity index (χ2n) is 7.71. The minimum atomic E-state index is 0.740. The lowest BCUT2D eigenvalue weighted by Crippen LogP contribution is -2.43. The van der Waals surface area contributed by atoms with Crippen molar-refractivity contribution in [2.75, 3.05) is 40.3 Å². The Kier molecular flexibility index (Phi) is 6.31. The molecule has 3 heteroatoms. The molecule has 0 radical (unpaired) electrons. The molecule has 20 heavy (non-hydrogen) atoms. The summed E-state index contributed by atoms with van der Waals surface area (Å²) in [5, 5.41) is 3.93. The van der Waals surface area contributed by atoms with Gasteiger partial charge in [-0.1, -0.05) is 26.7 Å². The van der Waals surface area contributed by atoms with E-state index < -0.39 is 0 Å². The first-order valence-electron chi connectivity index (χ1n) is 8.67. The quantitative estimate of drug-likeness (QED) is 0.773. The summed E-state index contributed by atoms with van der Waals surface area (Å²) in [7, 11) is 4.35. The predicted molar refractivity (Wildman–Crippen MR) is 87.1 cm³/mol. The summed E-state index contributed by atoms with van der Waals surface area (Å²) >= 11 is 0. The molecule has 0 aromatic rings. The maximum atomic E-state index is 3.93. The van der Waals surface area contributed by atoms with Crippen molar-refractivity contribution in [3.63, 3.8) is 0 Å². The van der Waals surface area contributed by atoms with E-state index in [1.54, 1.807) is 0 Å². The first kappa shape index (κ1) is 16.3. The Bertz CT molecular complexity index is 263. The zero-order chi connectivity index (χ0) is 14.5. The molecule has 0 amide bonds. The molecule has 2 rings (SSSR count). The molecule has 3 atom stereocenters. The topological polar surface area (TPSA) is 18.5 Å². The largest absolute Gasteiger partial charge is 0.310 e. The standard InChI is InChI=1S/C17H35N3/c1-14(2)12-20(10-9-19(3)4)13-16-11-15-7-5-6-8-17(15)18-16/h14-18H,5-13H2,1-4H3. The highest BCUT2D eigenvalue weighted by Crippen LogP contribution is 2.33. The van der Waals surface area contributed by atoms with Gasteiger partial charge in [0.2, 0.25) is 0 Å². The van der Waals surface area contributed by atoms with Gasteiger partial charge in [0.15, 0.2) is 0 Å². The molecule has 1 aliphatic carbocycles. The second kappa shape index (κ2) is 7.77. The highest BCUT2D eigenvalue weighted by Gasteiger charge is 2.35. The number of fused-ring (bicyclic) bond motifs is 1. The summed E-state index contributed by atoms with van der Waals surface area (Å²) in [5.41, 5.74) is 0. The van der Waals surface area contributed by atoms with E-state index in [4.69, 9.17) is 0 Å². The van der Waals surface area contributed by atoms with Crippen LogP contribution in [-0.4, -0.2) is 62.2 Å². The van der Waals surface area contributed by atoms with E-state index in [9.17, 15) is 0 Å². The van der Waals surface area contributed by atoms with Crippen LogP contribution < -0.4 is 5.32 Å². The van der Waals surface area contributed by atoms with Crippen molar-refractivity contribution in [2.24, 2.45) is 11.8 Å². The molecule has 2 fully saturated rings. The van der Waals surface area contributed by atoms with Crippen LogP contribution in [0.2, 0.25) is 0 Å². The maximum Gasteiger partial charge on any atom is 0.0200 e. The highest BCUT2D eigenvalue weighted by atomic mass is 15.2. The fourth-order valence-corrected chi connectivity index (χ4v) is 4.00. The highest BCUT2D eigenvalue weighted by molar-refractivity contribution is 4.94. The smallest absolute Gasteiger partial charge is 0.0200 e. The van der Waals surface area contributed by atoms with Crippen molar-refractivity contribution in [3.05, 3.63) is 0 Å². The Morgan fingerprint density at radius 2 is 1.85 bits per heavy atom. The second-order valence-corrected chi connectivity index (χ2v) is 7.71. The van der Waals surface area contributed by atoms with Crippen molar-refractivity contribution in [2.45, 2.75) is 58.0 Å². The number of hydrogen-bond acceptors (Lipinski definition) is 3. The van der Waals surface area contributed by atoms with Crippen LogP contribution in [0, 0.1) is 11.8 Å². The predicted octanol–water partition coefficient (Wildman–Crippen LogP) is 2.43. The molecule has 1 saturated carbocycles. The fraction of sp³-hybridized carbons (Fsp3) is 1.00. The molecule has 0 spiro atoms. The summed E-state index contributed by atoms with van der Waals surface area (Å²) < 4.78 is 0. The lowest BCUT2D eigenvalue weighted by Gasteiger charge is -2.28. The van der Waals surface area contributed by atoms with Crippen LogP contribution in [0.3, 0.4) is 0 Å². The average Bonchev–Trinajstić information content (AvgIpc) is 2.77. The molecule has 1 heterocycles. The van der Waals surface area contributed by atoms with E-state index in [0.29, 0.717) is 0 Å². The summed E-state index contributed by atoms with van der Waals surface area (Å²) in [6, 6.07) is 1.58. The molecular weight excluding hydrogens is 246 g/mol. The Hall–Kier alpha value is -0.120. The van der Waals surface area contributed by atoms with Gasteiger partial charge in [-0.15, -0.1) is 0 Å². The van der Waals surface area contributed by atoms with Gasteiger partial charge in [0.1, 0.15) is 0 Å². The summed E-state index contributed by atoms with van der Waals surface area (Å²) in [6.45, 7) is 9.54. The van der Waals surface area contributed by atoms with Crippen LogP contribution >= 0.6 is 0 Å². The minimum absolute atomic E-state index is 0.740. The van der Waals surface area contributed by atoms with Gasteiger partial charge < -0.3 is 15.1 Å². The van der Waals surface area contributed by atoms with Crippen LogP contribution in [0.25, 0.3) is 0 Å². The summed E-state index contributed by atoms with van der Waals surface area (Å²) in [4.78, 5) is 4.98. The Balaban J connectivity index is 1.80. The van der Waals surface area contributed by atoms with Gasteiger partial charge >= 0.3 is 0 Å². The van der Waals surface area contributed by atoms with Gasteiger partial charge in [-0.2, -0.15) is 0 Å². The van der Waals surface area contributed by atoms with E-state index in [1.807, 2.05) is 0 Å². The van der Waals surface area contributed by atoms with Gasteiger partial charge in [-0.05, 0) is 45.2 Å². The molecule has 118 valence electrons. The van der Waals surface area contributed by atoms with Crippen LogP contribution in [0.5, 0.6) is 0 Å². The third-order valence-corrected chi connectivity index (χ3v) is 4.91. The van der Waals surface area contributed by atoms with Crippen LogP contribution in [0.15, 0.2) is 0 Å². The molecule has 1 saturated heterocycles. The minimum Gasteiger partial charge on any atom is -0.310 e. The van der Waals surface area contributed by atoms with E-state index in [0.717, 1.165) is 23.9 Å². The molecule has 1 N–H and O–H groups in total. The van der Waals surface area contributed by atoms with Crippen molar-refractivity contribution in [1.82, 2.24) is 15.1 Å². The van der Waals surface area contributed by atoms with Crippen LogP contribution in [-0.2, 0) is 0 Å². The Labute approximate surface area is 126 Å². The van der Waals surface area contributed by atoms with E-state index in [1.165, 1.54) is 58.3 Å². The SMILES string of the molecule is CC(C)CN(CCN(C)C)CC1CC2CCCCC2N1.